The van der Waals surface area contributed by atoms with Gasteiger partial charge in [0.05, 0.1) is 16.9 Å². The Hall–Kier alpha value is -2.49. The minimum atomic E-state index is -0.954. The molecule has 0 unspecified atom stereocenters. The fraction of sp³-hybridized carbons (Fsp3) is 0.316. The number of azo groups is 1. The first-order chi connectivity index (χ1) is 11.2. The van der Waals surface area contributed by atoms with E-state index < -0.39 is 5.97 Å². The predicted octanol–water partition coefficient (Wildman–Crippen LogP) is 5.85. The Morgan fingerprint density at radius 2 is 1.74 bits per heavy atom. The van der Waals surface area contributed by atoms with Crippen LogP contribution in [0.5, 0.6) is 0 Å². The molecule has 0 radical (unpaired) electrons. The van der Waals surface area contributed by atoms with Crippen molar-refractivity contribution in [3.05, 3.63) is 59.7 Å². The van der Waals surface area contributed by atoms with Crippen molar-refractivity contribution in [1.82, 2.24) is 0 Å². The lowest BCUT2D eigenvalue weighted by molar-refractivity contribution is 0.0697. The van der Waals surface area contributed by atoms with Crippen LogP contribution < -0.4 is 0 Å². The summed E-state index contributed by atoms with van der Waals surface area (Å²) in [6, 6.07) is 14.7. The maximum atomic E-state index is 11.0. The SMILES string of the molecule is O=C(O)c1cccc(/N=N/c2ccccc2C2CCCCC2)c1. The largest absolute Gasteiger partial charge is 0.478 e. The second-order valence-electron chi connectivity index (χ2n) is 5.95. The van der Waals surface area contributed by atoms with E-state index in [0.717, 1.165) is 5.69 Å². The third-order valence-electron chi connectivity index (χ3n) is 4.35. The number of nitrogens with zero attached hydrogens (tertiary/aromatic N) is 2. The van der Waals surface area contributed by atoms with Crippen LogP contribution in [-0.4, -0.2) is 11.1 Å². The molecule has 1 saturated carbocycles. The number of aromatic carboxylic acids is 1. The van der Waals surface area contributed by atoms with Crippen LogP contribution in [0.15, 0.2) is 58.8 Å². The van der Waals surface area contributed by atoms with Gasteiger partial charge in [-0.3, -0.25) is 0 Å². The maximum Gasteiger partial charge on any atom is 0.335 e. The predicted molar refractivity (Wildman–Crippen MR) is 89.8 cm³/mol. The van der Waals surface area contributed by atoms with Crippen molar-refractivity contribution in [3.63, 3.8) is 0 Å². The van der Waals surface area contributed by atoms with Gasteiger partial charge in [-0.05, 0) is 48.6 Å². The zero-order valence-corrected chi connectivity index (χ0v) is 13.0. The number of carboxylic acid groups (broad SMARTS) is 1. The molecule has 118 valence electrons. The van der Waals surface area contributed by atoms with Crippen molar-refractivity contribution < 1.29 is 9.90 Å². The highest BCUT2D eigenvalue weighted by molar-refractivity contribution is 5.88. The Bertz CT molecular complexity index is 719. The van der Waals surface area contributed by atoms with Crippen molar-refractivity contribution in [2.75, 3.05) is 0 Å². The van der Waals surface area contributed by atoms with E-state index in [9.17, 15) is 4.79 Å². The van der Waals surface area contributed by atoms with Crippen LogP contribution in [0.3, 0.4) is 0 Å². The number of carboxylic acids is 1. The van der Waals surface area contributed by atoms with E-state index in [1.165, 1.54) is 43.7 Å². The second kappa shape index (κ2) is 7.18. The van der Waals surface area contributed by atoms with Crippen LogP contribution in [0.4, 0.5) is 11.4 Å². The van der Waals surface area contributed by atoms with E-state index in [4.69, 9.17) is 5.11 Å². The standard InChI is InChI=1S/C19H20N2O2/c22-19(23)15-9-6-10-16(13-15)20-21-18-12-5-4-11-17(18)14-7-2-1-3-8-14/h4-6,9-14H,1-3,7-8H2,(H,22,23)/b21-20+. The minimum absolute atomic E-state index is 0.224. The molecule has 4 heteroatoms. The van der Waals surface area contributed by atoms with Gasteiger partial charge in [-0.2, -0.15) is 10.2 Å². The molecule has 2 aromatic carbocycles. The lowest BCUT2D eigenvalue weighted by atomic mass is 9.83. The molecule has 0 bridgehead atoms. The molecule has 0 atom stereocenters. The van der Waals surface area contributed by atoms with E-state index in [2.05, 4.69) is 16.3 Å². The van der Waals surface area contributed by atoms with Gasteiger partial charge in [-0.15, -0.1) is 0 Å². The van der Waals surface area contributed by atoms with Crippen molar-refractivity contribution in [3.8, 4) is 0 Å². The second-order valence-corrected chi connectivity index (χ2v) is 5.95. The zero-order chi connectivity index (χ0) is 16.1. The van der Waals surface area contributed by atoms with Gasteiger partial charge in [0.15, 0.2) is 0 Å². The van der Waals surface area contributed by atoms with Gasteiger partial charge in [-0.1, -0.05) is 43.5 Å². The fourth-order valence-electron chi connectivity index (χ4n) is 3.15. The number of benzene rings is 2. The van der Waals surface area contributed by atoms with Crippen LogP contribution in [0, 0.1) is 0 Å². The van der Waals surface area contributed by atoms with Crippen LogP contribution >= 0.6 is 0 Å². The Balaban J connectivity index is 1.85. The van der Waals surface area contributed by atoms with Crippen LogP contribution in [0.2, 0.25) is 0 Å². The molecule has 0 amide bonds. The molecule has 1 fully saturated rings. The molecular formula is C19H20N2O2. The van der Waals surface area contributed by atoms with Gasteiger partial charge in [0, 0.05) is 0 Å². The van der Waals surface area contributed by atoms with Crippen LogP contribution in [-0.2, 0) is 0 Å². The molecular weight excluding hydrogens is 288 g/mol. The smallest absolute Gasteiger partial charge is 0.335 e. The topological polar surface area (TPSA) is 62.0 Å². The molecule has 3 rings (SSSR count). The van der Waals surface area contributed by atoms with Gasteiger partial charge in [0.2, 0.25) is 0 Å². The average molecular weight is 308 g/mol. The summed E-state index contributed by atoms with van der Waals surface area (Å²) >= 11 is 0. The van der Waals surface area contributed by atoms with E-state index >= 15 is 0 Å². The molecule has 4 nitrogen and oxygen atoms in total. The fourth-order valence-corrected chi connectivity index (χ4v) is 3.15. The average Bonchev–Trinajstić information content (AvgIpc) is 2.61. The lowest BCUT2D eigenvalue weighted by Gasteiger charge is -2.22. The molecule has 1 aliphatic rings. The van der Waals surface area contributed by atoms with Gasteiger partial charge in [0.25, 0.3) is 0 Å². The molecule has 0 aromatic heterocycles. The third-order valence-corrected chi connectivity index (χ3v) is 4.35. The highest BCUT2D eigenvalue weighted by atomic mass is 16.4. The number of hydrogen-bond acceptors (Lipinski definition) is 3. The van der Waals surface area contributed by atoms with Crippen molar-refractivity contribution in [2.45, 2.75) is 38.0 Å². The van der Waals surface area contributed by atoms with Crippen molar-refractivity contribution in [2.24, 2.45) is 10.2 Å². The molecule has 23 heavy (non-hydrogen) atoms. The summed E-state index contributed by atoms with van der Waals surface area (Å²) in [4.78, 5) is 11.0. The monoisotopic (exact) mass is 308 g/mol. The highest BCUT2D eigenvalue weighted by Crippen LogP contribution is 2.37. The summed E-state index contributed by atoms with van der Waals surface area (Å²) in [5, 5.41) is 17.7. The molecule has 0 heterocycles. The van der Waals surface area contributed by atoms with E-state index in [0.29, 0.717) is 11.6 Å². The first kappa shape index (κ1) is 15.4. The summed E-state index contributed by atoms with van der Waals surface area (Å²) in [6.07, 6.45) is 6.29. The number of rotatable bonds is 4. The van der Waals surface area contributed by atoms with Crippen molar-refractivity contribution in [1.29, 1.82) is 0 Å². The summed E-state index contributed by atoms with van der Waals surface area (Å²) in [6.45, 7) is 0. The molecule has 2 aromatic rings. The first-order valence-corrected chi connectivity index (χ1v) is 8.08. The van der Waals surface area contributed by atoms with Crippen LogP contribution in [0.1, 0.15) is 53.9 Å². The minimum Gasteiger partial charge on any atom is -0.478 e. The lowest BCUT2D eigenvalue weighted by Crippen LogP contribution is -2.04. The van der Waals surface area contributed by atoms with Gasteiger partial charge in [0.1, 0.15) is 0 Å². The van der Waals surface area contributed by atoms with E-state index in [-0.39, 0.29) is 5.56 Å². The third kappa shape index (κ3) is 3.83. The zero-order valence-electron chi connectivity index (χ0n) is 13.0. The molecule has 1 aliphatic carbocycles. The van der Waals surface area contributed by atoms with E-state index in [1.54, 1.807) is 18.2 Å². The van der Waals surface area contributed by atoms with Gasteiger partial charge < -0.3 is 5.11 Å². The summed E-state index contributed by atoms with van der Waals surface area (Å²) in [7, 11) is 0. The maximum absolute atomic E-state index is 11.0. The number of hydrogen-bond donors (Lipinski definition) is 1. The molecule has 0 aliphatic heterocycles. The van der Waals surface area contributed by atoms with Gasteiger partial charge in [-0.25, -0.2) is 4.79 Å². The quantitative estimate of drug-likeness (QED) is 0.720. The number of carbonyl (C=O) groups is 1. The van der Waals surface area contributed by atoms with Crippen LogP contribution in [0.25, 0.3) is 0 Å². The Morgan fingerprint density at radius 1 is 0.957 bits per heavy atom. The Morgan fingerprint density at radius 3 is 2.52 bits per heavy atom. The first-order valence-electron chi connectivity index (χ1n) is 8.08. The molecule has 0 saturated heterocycles. The molecule has 0 spiro atoms. The Labute approximate surface area is 135 Å². The normalized spacial score (nSPS) is 15.8. The van der Waals surface area contributed by atoms with Gasteiger partial charge >= 0.3 is 5.97 Å². The highest BCUT2D eigenvalue weighted by Gasteiger charge is 2.18. The Kier molecular flexibility index (Phi) is 4.81. The summed E-state index contributed by atoms with van der Waals surface area (Å²) < 4.78 is 0. The summed E-state index contributed by atoms with van der Waals surface area (Å²) in [5.74, 6) is -0.395. The van der Waals surface area contributed by atoms with Crippen molar-refractivity contribution >= 4 is 17.3 Å². The molecule has 1 N–H and O–H groups in total. The summed E-state index contributed by atoms with van der Waals surface area (Å²) in [5.41, 5.74) is 2.93. The van der Waals surface area contributed by atoms with E-state index in [1.807, 2.05) is 18.2 Å².